The van der Waals surface area contributed by atoms with Crippen molar-refractivity contribution in [3.05, 3.63) is 88.2 Å². The van der Waals surface area contributed by atoms with Gasteiger partial charge in [-0.3, -0.25) is 14.3 Å². The number of hydrogen-bond acceptors (Lipinski definition) is 3. The predicted molar refractivity (Wildman–Crippen MR) is 113 cm³/mol. The van der Waals surface area contributed by atoms with Gasteiger partial charge in [0.15, 0.2) is 0 Å². The molecule has 29 heavy (non-hydrogen) atoms. The summed E-state index contributed by atoms with van der Waals surface area (Å²) in [6.07, 6.45) is 1.91. The number of primary amides is 1. The van der Waals surface area contributed by atoms with Crippen molar-refractivity contribution in [3.63, 3.8) is 0 Å². The maximum atomic E-state index is 12.6. The number of nitrogens with zero attached hydrogens (tertiary/aromatic N) is 2. The second kappa shape index (κ2) is 9.39. The molecule has 0 fully saturated rings. The van der Waals surface area contributed by atoms with Crippen LogP contribution in [0.25, 0.3) is 0 Å². The van der Waals surface area contributed by atoms with Crippen LogP contribution in [0, 0.1) is 12.8 Å². The summed E-state index contributed by atoms with van der Waals surface area (Å²) >= 11 is 6.17. The van der Waals surface area contributed by atoms with Crippen molar-refractivity contribution < 1.29 is 9.59 Å². The zero-order valence-corrected chi connectivity index (χ0v) is 16.9. The molecule has 1 unspecified atom stereocenters. The van der Waals surface area contributed by atoms with E-state index in [1.807, 2.05) is 55.5 Å². The van der Waals surface area contributed by atoms with Crippen LogP contribution in [0.15, 0.2) is 60.8 Å². The van der Waals surface area contributed by atoms with Crippen molar-refractivity contribution in [2.45, 2.75) is 19.9 Å². The van der Waals surface area contributed by atoms with Crippen LogP contribution in [-0.4, -0.2) is 28.1 Å². The summed E-state index contributed by atoms with van der Waals surface area (Å²) in [4.78, 5) is 24.5. The van der Waals surface area contributed by atoms with E-state index in [0.29, 0.717) is 23.6 Å². The SMILES string of the molecule is Cc1c(C(=O)NCC(Cc2ccccc2Cl)C(N)=O)cnn1Cc1ccccc1. The Balaban J connectivity index is 1.65. The molecule has 0 saturated heterocycles. The van der Waals surface area contributed by atoms with Crippen LogP contribution in [0.5, 0.6) is 0 Å². The van der Waals surface area contributed by atoms with Crippen LogP contribution in [0.2, 0.25) is 5.02 Å². The molecule has 3 aromatic rings. The van der Waals surface area contributed by atoms with Gasteiger partial charge < -0.3 is 11.1 Å². The molecule has 1 atom stereocenters. The van der Waals surface area contributed by atoms with Crippen LogP contribution >= 0.6 is 11.6 Å². The number of halogens is 1. The molecule has 3 N–H and O–H groups in total. The highest BCUT2D eigenvalue weighted by molar-refractivity contribution is 6.31. The summed E-state index contributed by atoms with van der Waals surface area (Å²) in [6.45, 7) is 2.55. The highest BCUT2D eigenvalue weighted by Crippen LogP contribution is 2.19. The topological polar surface area (TPSA) is 90.0 Å². The minimum absolute atomic E-state index is 0.128. The van der Waals surface area contributed by atoms with Gasteiger partial charge in [0.05, 0.1) is 24.2 Å². The van der Waals surface area contributed by atoms with E-state index in [9.17, 15) is 9.59 Å². The lowest BCUT2D eigenvalue weighted by Crippen LogP contribution is -2.37. The molecule has 0 aliphatic heterocycles. The van der Waals surface area contributed by atoms with Crippen molar-refractivity contribution in [1.29, 1.82) is 0 Å². The second-order valence-corrected chi connectivity index (χ2v) is 7.30. The molecule has 0 aliphatic rings. The first-order chi connectivity index (χ1) is 14.0. The summed E-state index contributed by atoms with van der Waals surface area (Å²) in [5, 5.41) is 7.69. The van der Waals surface area contributed by atoms with E-state index in [4.69, 9.17) is 17.3 Å². The van der Waals surface area contributed by atoms with Crippen molar-refractivity contribution in [3.8, 4) is 0 Å². The Morgan fingerprint density at radius 3 is 2.52 bits per heavy atom. The number of aromatic nitrogens is 2. The van der Waals surface area contributed by atoms with Crippen molar-refractivity contribution >= 4 is 23.4 Å². The molecule has 0 bridgehead atoms. The third-order valence-corrected chi connectivity index (χ3v) is 5.23. The number of hydrogen-bond donors (Lipinski definition) is 2. The quantitative estimate of drug-likeness (QED) is 0.598. The van der Waals surface area contributed by atoms with Gasteiger partial charge in [0.1, 0.15) is 0 Å². The Kier molecular flexibility index (Phi) is 6.67. The average molecular weight is 411 g/mol. The molecule has 7 heteroatoms. The number of benzene rings is 2. The number of nitrogens with two attached hydrogens (primary N) is 1. The van der Waals surface area contributed by atoms with E-state index >= 15 is 0 Å². The van der Waals surface area contributed by atoms with Gasteiger partial charge in [0.25, 0.3) is 5.91 Å². The molecule has 6 nitrogen and oxygen atoms in total. The first-order valence-electron chi connectivity index (χ1n) is 9.33. The lowest BCUT2D eigenvalue weighted by Gasteiger charge is -2.15. The van der Waals surface area contributed by atoms with Crippen LogP contribution in [0.3, 0.4) is 0 Å². The number of rotatable bonds is 8. The fraction of sp³-hybridized carbons (Fsp3) is 0.227. The first kappa shape index (κ1) is 20.6. The van der Waals surface area contributed by atoms with Crippen molar-refractivity contribution in [1.82, 2.24) is 15.1 Å². The van der Waals surface area contributed by atoms with Gasteiger partial charge in [0.2, 0.25) is 5.91 Å². The molecule has 2 aromatic carbocycles. The van der Waals surface area contributed by atoms with Crippen molar-refractivity contribution in [2.24, 2.45) is 11.7 Å². The van der Waals surface area contributed by atoms with Gasteiger partial charge in [-0.05, 0) is 30.5 Å². The molecule has 0 spiro atoms. The molecule has 0 aliphatic carbocycles. The highest BCUT2D eigenvalue weighted by atomic mass is 35.5. The molecule has 3 rings (SSSR count). The highest BCUT2D eigenvalue weighted by Gasteiger charge is 2.20. The standard InChI is InChI=1S/C22H23ClN4O2/c1-15-19(13-26-27(15)14-16-7-3-2-4-8-16)22(29)25-12-18(21(24)28)11-17-9-5-6-10-20(17)23/h2-10,13,18H,11-12,14H2,1H3,(H2,24,28)(H,25,29). The van der Waals surface area contributed by atoms with Crippen LogP contribution < -0.4 is 11.1 Å². The maximum absolute atomic E-state index is 12.6. The number of carbonyl (C=O) groups excluding carboxylic acids is 2. The molecule has 150 valence electrons. The van der Waals surface area contributed by atoms with E-state index in [0.717, 1.165) is 16.8 Å². The Bertz CT molecular complexity index is 1000. The normalized spacial score (nSPS) is 11.8. The third kappa shape index (κ3) is 5.23. The molecule has 1 heterocycles. The minimum Gasteiger partial charge on any atom is -0.369 e. The number of carbonyl (C=O) groups is 2. The van der Waals surface area contributed by atoms with Crippen molar-refractivity contribution in [2.75, 3.05) is 6.54 Å². The maximum Gasteiger partial charge on any atom is 0.254 e. The molecular weight excluding hydrogens is 388 g/mol. The molecule has 0 saturated carbocycles. The summed E-state index contributed by atoms with van der Waals surface area (Å²) < 4.78 is 1.78. The molecule has 0 radical (unpaired) electrons. The fourth-order valence-corrected chi connectivity index (χ4v) is 3.31. The molecule has 2 amide bonds. The van der Waals surface area contributed by atoms with Gasteiger partial charge in [-0.25, -0.2) is 0 Å². The molecular formula is C22H23ClN4O2. The summed E-state index contributed by atoms with van der Waals surface area (Å²) in [5.74, 6) is -1.33. The van der Waals surface area contributed by atoms with Gasteiger partial charge in [-0.2, -0.15) is 5.10 Å². The van der Waals surface area contributed by atoms with Gasteiger partial charge in [0, 0.05) is 17.3 Å². The summed E-state index contributed by atoms with van der Waals surface area (Å²) in [7, 11) is 0. The Hall–Kier alpha value is -3.12. The Labute approximate surface area is 174 Å². The zero-order valence-electron chi connectivity index (χ0n) is 16.1. The van der Waals surface area contributed by atoms with Gasteiger partial charge in [-0.1, -0.05) is 60.1 Å². The van der Waals surface area contributed by atoms with Gasteiger partial charge >= 0.3 is 0 Å². The van der Waals surface area contributed by atoms with Gasteiger partial charge in [-0.15, -0.1) is 0 Å². The summed E-state index contributed by atoms with van der Waals surface area (Å²) in [6, 6.07) is 17.2. The van der Waals surface area contributed by atoms with E-state index in [1.54, 1.807) is 16.9 Å². The second-order valence-electron chi connectivity index (χ2n) is 6.89. The van der Waals surface area contributed by atoms with E-state index < -0.39 is 11.8 Å². The van der Waals surface area contributed by atoms with E-state index in [1.165, 1.54) is 0 Å². The lowest BCUT2D eigenvalue weighted by molar-refractivity contribution is -0.121. The monoisotopic (exact) mass is 410 g/mol. The Morgan fingerprint density at radius 1 is 1.14 bits per heavy atom. The zero-order chi connectivity index (χ0) is 20.8. The van der Waals surface area contributed by atoms with E-state index in [2.05, 4.69) is 10.4 Å². The smallest absolute Gasteiger partial charge is 0.254 e. The summed E-state index contributed by atoms with van der Waals surface area (Å²) in [5.41, 5.74) is 8.68. The Morgan fingerprint density at radius 2 is 1.83 bits per heavy atom. The third-order valence-electron chi connectivity index (χ3n) is 4.86. The number of amides is 2. The van der Waals surface area contributed by atoms with Crippen LogP contribution in [0.1, 0.15) is 27.2 Å². The largest absolute Gasteiger partial charge is 0.369 e. The van der Waals surface area contributed by atoms with E-state index in [-0.39, 0.29) is 12.5 Å². The minimum atomic E-state index is -0.557. The fourth-order valence-electron chi connectivity index (χ4n) is 3.10. The predicted octanol–water partition coefficient (Wildman–Crippen LogP) is 2.97. The lowest BCUT2D eigenvalue weighted by atomic mass is 9.98. The molecule has 1 aromatic heterocycles. The average Bonchev–Trinajstić information content (AvgIpc) is 3.07. The first-order valence-corrected chi connectivity index (χ1v) is 9.70. The van der Waals surface area contributed by atoms with Crippen LogP contribution in [0.4, 0.5) is 0 Å². The number of nitrogens with one attached hydrogen (secondary N) is 1. The van der Waals surface area contributed by atoms with Crippen LogP contribution in [-0.2, 0) is 17.8 Å².